The van der Waals surface area contributed by atoms with E-state index in [2.05, 4.69) is 35.5 Å². The van der Waals surface area contributed by atoms with Crippen LogP contribution in [0.5, 0.6) is 0 Å². The van der Waals surface area contributed by atoms with Crippen LogP contribution in [0.3, 0.4) is 0 Å². The molecule has 0 atom stereocenters. The molecule has 1 aliphatic rings. The first kappa shape index (κ1) is 24.5. The van der Waals surface area contributed by atoms with Crippen molar-refractivity contribution in [2.75, 3.05) is 40.5 Å². The van der Waals surface area contributed by atoms with Crippen LogP contribution in [0.4, 0.5) is 0 Å². The Labute approximate surface area is 185 Å². The van der Waals surface area contributed by atoms with Crippen LogP contribution in [-0.4, -0.2) is 52.0 Å². The fraction of sp³-hybridized carbons (Fsp3) is 0.650. The first-order valence-electron chi connectivity index (χ1n) is 9.20. The average molecular weight is 510 g/mol. The number of benzene rings is 1. The molecule has 1 saturated heterocycles. The predicted octanol–water partition coefficient (Wildman–Crippen LogP) is 3.89. The first-order valence-corrected chi connectivity index (χ1v) is 9.58. The number of guanidine groups is 1. The minimum absolute atomic E-state index is 0. The highest BCUT2D eigenvalue weighted by molar-refractivity contribution is 14.0. The topological polar surface area (TPSA) is 54.9 Å². The molecule has 0 amide bonds. The molecule has 1 aliphatic heterocycles. The Morgan fingerprint density at radius 2 is 2.00 bits per heavy atom. The maximum atomic E-state index is 6.10. The van der Waals surface area contributed by atoms with E-state index in [0.29, 0.717) is 0 Å². The Morgan fingerprint density at radius 1 is 1.30 bits per heavy atom. The number of halogens is 2. The van der Waals surface area contributed by atoms with E-state index >= 15 is 0 Å². The summed E-state index contributed by atoms with van der Waals surface area (Å²) in [4.78, 5) is 4.35. The van der Waals surface area contributed by atoms with Crippen LogP contribution in [0.1, 0.15) is 32.3 Å². The molecule has 1 fully saturated rings. The number of hydrogen-bond donors (Lipinski definition) is 2. The van der Waals surface area contributed by atoms with Gasteiger partial charge in [-0.25, -0.2) is 0 Å². The van der Waals surface area contributed by atoms with Crippen LogP contribution in [0, 0.1) is 5.41 Å². The normalized spacial score (nSPS) is 17.1. The molecule has 1 aromatic carbocycles. The van der Waals surface area contributed by atoms with Crippen LogP contribution in [-0.2, 0) is 15.9 Å². The summed E-state index contributed by atoms with van der Waals surface area (Å²) in [7, 11) is 3.57. The summed E-state index contributed by atoms with van der Waals surface area (Å²) in [5, 5.41) is 7.64. The van der Waals surface area contributed by atoms with Gasteiger partial charge >= 0.3 is 0 Å². The van der Waals surface area contributed by atoms with Crippen molar-refractivity contribution in [2.24, 2.45) is 10.4 Å². The molecule has 154 valence electrons. The molecule has 2 rings (SSSR count). The molecule has 0 unspecified atom stereocenters. The van der Waals surface area contributed by atoms with Gasteiger partial charge in [0.25, 0.3) is 0 Å². The van der Waals surface area contributed by atoms with Gasteiger partial charge < -0.3 is 20.1 Å². The Kier molecular flexibility index (Phi) is 10.4. The summed E-state index contributed by atoms with van der Waals surface area (Å²) in [6, 6.07) is 8.06. The SMILES string of the molecule is CN=C(NCC(C)(C)Cc1cccc(Cl)c1)NCC1(OC)CCOCC1.I. The number of nitrogens with one attached hydrogen (secondary N) is 2. The van der Waals surface area contributed by atoms with Crippen molar-refractivity contribution >= 4 is 41.5 Å². The van der Waals surface area contributed by atoms with E-state index in [4.69, 9.17) is 21.1 Å². The van der Waals surface area contributed by atoms with Gasteiger partial charge in [0.15, 0.2) is 5.96 Å². The zero-order valence-corrected chi connectivity index (χ0v) is 19.9. The predicted molar refractivity (Wildman–Crippen MR) is 124 cm³/mol. The van der Waals surface area contributed by atoms with Crippen molar-refractivity contribution in [3.05, 3.63) is 34.9 Å². The van der Waals surface area contributed by atoms with Gasteiger partial charge in [-0.15, -0.1) is 24.0 Å². The molecule has 1 heterocycles. The minimum Gasteiger partial charge on any atom is -0.381 e. The third kappa shape index (κ3) is 8.13. The van der Waals surface area contributed by atoms with Crippen molar-refractivity contribution in [1.82, 2.24) is 10.6 Å². The number of aliphatic imine (C=N–C) groups is 1. The highest BCUT2D eigenvalue weighted by atomic mass is 127. The zero-order chi connectivity index (χ0) is 19.0. The lowest BCUT2D eigenvalue weighted by molar-refractivity contribution is -0.0855. The number of hydrogen-bond acceptors (Lipinski definition) is 3. The molecule has 2 N–H and O–H groups in total. The van der Waals surface area contributed by atoms with Crippen molar-refractivity contribution < 1.29 is 9.47 Å². The molecule has 0 aromatic heterocycles. The summed E-state index contributed by atoms with van der Waals surface area (Å²) in [5.41, 5.74) is 1.14. The van der Waals surface area contributed by atoms with E-state index < -0.39 is 0 Å². The standard InChI is InChI=1S/C20H32ClN3O2.HI/c1-19(2,13-16-6-5-7-17(21)12-16)14-23-18(22-3)24-15-20(25-4)8-10-26-11-9-20;/h5-7,12H,8-11,13-15H2,1-4H3,(H2,22,23,24);1H. The monoisotopic (exact) mass is 509 g/mol. The smallest absolute Gasteiger partial charge is 0.191 e. The molecule has 7 heteroatoms. The molecule has 5 nitrogen and oxygen atoms in total. The largest absolute Gasteiger partial charge is 0.381 e. The molecular formula is C20H33ClIN3O2. The van der Waals surface area contributed by atoms with E-state index in [0.717, 1.165) is 56.5 Å². The molecular weight excluding hydrogens is 477 g/mol. The van der Waals surface area contributed by atoms with Gasteiger partial charge in [0, 0.05) is 58.3 Å². The molecule has 0 saturated carbocycles. The third-order valence-corrected chi connectivity index (χ3v) is 5.18. The number of ether oxygens (including phenoxy) is 2. The quantitative estimate of drug-likeness (QED) is 0.333. The van der Waals surface area contributed by atoms with E-state index in [1.54, 1.807) is 14.2 Å². The zero-order valence-electron chi connectivity index (χ0n) is 16.8. The Morgan fingerprint density at radius 3 is 2.59 bits per heavy atom. The maximum absolute atomic E-state index is 6.10. The van der Waals surface area contributed by atoms with Crippen molar-refractivity contribution in [3.8, 4) is 0 Å². The molecule has 0 radical (unpaired) electrons. The average Bonchev–Trinajstić information content (AvgIpc) is 2.62. The highest BCUT2D eigenvalue weighted by Crippen LogP contribution is 2.24. The van der Waals surface area contributed by atoms with Crippen LogP contribution in [0.2, 0.25) is 5.02 Å². The van der Waals surface area contributed by atoms with Crippen molar-refractivity contribution in [3.63, 3.8) is 0 Å². The Balaban J connectivity index is 0.00000364. The number of rotatable bonds is 7. The van der Waals surface area contributed by atoms with Gasteiger partial charge in [-0.05, 0) is 29.5 Å². The number of nitrogens with zero attached hydrogens (tertiary/aromatic N) is 1. The van der Waals surface area contributed by atoms with Gasteiger partial charge in [-0.3, -0.25) is 4.99 Å². The molecule has 1 aromatic rings. The van der Waals surface area contributed by atoms with E-state index in [9.17, 15) is 0 Å². The highest BCUT2D eigenvalue weighted by Gasteiger charge is 2.32. The van der Waals surface area contributed by atoms with Crippen LogP contribution in [0.25, 0.3) is 0 Å². The number of methoxy groups -OCH3 is 1. The second-order valence-corrected chi connectivity index (χ2v) is 8.19. The van der Waals surface area contributed by atoms with E-state index in [-0.39, 0.29) is 35.0 Å². The maximum Gasteiger partial charge on any atom is 0.191 e. The minimum atomic E-state index is -0.174. The summed E-state index contributed by atoms with van der Waals surface area (Å²) < 4.78 is 11.2. The van der Waals surface area contributed by atoms with Gasteiger partial charge in [0.1, 0.15) is 0 Å². The van der Waals surface area contributed by atoms with Crippen molar-refractivity contribution in [1.29, 1.82) is 0 Å². The van der Waals surface area contributed by atoms with Crippen LogP contribution >= 0.6 is 35.6 Å². The second-order valence-electron chi connectivity index (χ2n) is 7.75. The third-order valence-electron chi connectivity index (χ3n) is 4.94. The molecule has 27 heavy (non-hydrogen) atoms. The summed E-state index contributed by atoms with van der Waals surface area (Å²) in [6.07, 6.45) is 2.73. The van der Waals surface area contributed by atoms with E-state index in [1.807, 2.05) is 18.2 Å². The van der Waals surface area contributed by atoms with Gasteiger partial charge in [0.2, 0.25) is 0 Å². The van der Waals surface area contributed by atoms with Gasteiger partial charge in [-0.2, -0.15) is 0 Å². The Bertz CT molecular complexity index is 605. The van der Waals surface area contributed by atoms with E-state index in [1.165, 1.54) is 5.56 Å². The summed E-state index contributed by atoms with van der Waals surface area (Å²) in [6.45, 7) is 7.50. The lowest BCUT2D eigenvalue weighted by atomic mass is 9.86. The molecule has 0 bridgehead atoms. The fourth-order valence-electron chi connectivity index (χ4n) is 3.25. The lowest BCUT2D eigenvalue weighted by Gasteiger charge is -2.36. The molecule has 0 aliphatic carbocycles. The van der Waals surface area contributed by atoms with Gasteiger partial charge in [-0.1, -0.05) is 37.6 Å². The summed E-state index contributed by atoms with van der Waals surface area (Å²) >= 11 is 6.10. The molecule has 0 spiro atoms. The van der Waals surface area contributed by atoms with Crippen molar-refractivity contribution in [2.45, 2.75) is 38.7 Å². The van der Waals surface area contributed by atoms with Crippen LogP contribution in [0.15, 0.2) is 29.3 Å². The van der Waals surface area contributed by atoms with Crippen LogP contribution < -0.4 is 10.6 Å². The van der Waals surface area contributed by atoms with Gasteiger partial charge in [0.05, 0.1) is 5.60 Å². The second kappa shape index (κ2) is 11.4. The fourth-order valence-corrected chi connectivity index (χ4v) is 3.46. The summed E-state index contributed by atoms with van der Waals surface area (Å²) in [5.74, 6) is 0.798. The lowest BCUT2D eigenvalue weighted by Crippen LogP contribution is -2.51. The Hall–Kier alpha value is -0.570. The first-order chi connectivity index (χ1) is 12.4.